The van der Waals surface area contributed by atoms with Crippen LogP contribution in [-0.2, 0) is 4.79 Å². The van der Waals surface area contributed by atoms with Gasteiger partial charge >= 0.3 is 0 Å². The Bertz CT molecular complexity index is 986. The van der Waals surface area contributed by atoms with Crippen LogP contribution in [0.15, 0.2) is 64.1 Å². The highest BCUT2D eigenvalue weighted by Crippen LogP contribution is 2.34. The van der Waals surface area contributed by atoms with Crippen molar-refractivity contribution in [2.45, 2.75) is 0 Å². The molecule has 8 heteroatoms. The number of nitrogens with zero attached hydrogens (tertiary/aromatic N) is 1. The van der Waals surface area contributed by atoms with Crippen molar-refractivity contribution in [2.75, 3.05) is 6.61 Å². The number of furan rings is 1. The molecule has 0 bridgehead atoms. The Morgan fingerprint density at radius 2 is 1.81 bits per heavy atom. The molecular weight excluding hydrogens is 411 g/mol. The van der Waals surface area contributed by atoms with Crippen molar-refractivity contribution < 1.29 is 13.9 Å². The van der Waals surface area contributed by atoms with Crippen molar-refractivity contribution in [3.8, 4) is 17.1 Å². The smallest absolute Gasteiger partial charge is 0.277 e. The first-order chi connectivity index (χ1) is 13.0. The maximum atomic E-state index is 11.8. The minimum atomic E-state index is -0.434. The third-order valence-corrected chi connectivity index (χ3v) is 4.55. The molecule has 0 saturated carbocycles. The molecule has 1 N–H and O–H groups in total. The van der Waals surface area contributed by atoms with E-state index in [2.05, 4.69) is 10.5 Å². The summed E-state index contributed by atoms with van der Waals surface area (Å²) < 4.78 is 11.0. The lowest BCUT2D eigenvalue weighted by Crippen LogP contribution is -2.24. The number of hydrazone groups is 1. The number of nitrogens with one attached hydrogen (secondary N) is 1. The summed E-state index contributed by atoms with van der Waals surface area (Å²) in [5.74, 6) is 0.967. The highest BCUT2D eigenvalue weighted by Gasteiger charge is 2.10. The largest absolute Gasteiger partial charge is 0.482 e. The standard InChI is InChI=1S/C19H13Cl3N2O3/c20-14-5-1-2-7-17(14)26-11-18(25)24-23-10-12-8-9-16(27-12)13-4-3-6-15(21)19(13)22/h1-10H,11H2,(H,24,25)/b23-10+. The number of benzene rings is 2. The van der Waals surface area contributed by atoms with Gasteiger partial charge < -0.3 is 9.15 Å². The molecule has 2 aromatic carbocycles. The molecular formula is C19H13Cl3N2O3. The SMILES string of the molecule is O=C(COc1ccccc1Cl)N/N=C/c1ccc(-c2cccc(Cl)c2Cl)o1. The van der Waals surface area contributed by atoms with Crippen LogP contribution in [0.2, 0.25) is 15.1 Å². The molecule has 3 aromatic rings. The molecule has 27 heavy (non-hydrogen) atoms. The number of halogens is 3. The maximum absolute atomic E-state index is 11.8. The van der Waals surface area contributed by atoms with Gasteiger partial charge in [0.25, 0.3) is 5.91 Å². The zero-order chi connectivity index (χ0) is 19.2. The van der Waals surface area contributed by atoms with Gasteiger partial charge in [0.15, 0.2) is 6.61 Å². The quantitative estimate of drug-likeness (QED) is 0.424. The molecule has 3 rings (SSSR count). The number of amides is 1. The monoisotopic (exact) mass is 422 g/mol. The fourth-order valence-electron chi connectivity index (χ4n) is 2.17. The zero-order valence-corrected chi connectivity index (χ0v) is 16.1. The minimum Gasteiger partial charge on any atom is -0.482 e. The number of hydrogen-bond acceptors (Lipinski definition) is 4. The highest BCUT2D eigenvalue weighted by molar-refractivity contribution is 6.43. The molecule has 0 radical (unpaired) electrons. The molecule has 0 aliphatic heterocycles. The second-order valence-corrected chi connectivity index (χ2v) is 6.51. The highest BCUT2D eigenvalue weighted by atomic mass is 35.5. The summed E-state index contributed by atoms with van der Waals surface area (Å²) in [7, 11) is 0. The number of para-hydroxylation sites is 1. The third-order valence-electron chi connectivity index (χ3n) is 3.42. The van der Waals surface area contributed by atoms with Crippen LogP contribution in [-0.4, -0.2) is 18.7 Å². The molecule has 0 aliphatic rings. The predicted octanol–water partition coefficient (Wildman–Crippen LogP) is 5.44. The van der Waals surface area contributed by atoms with E-state index in [-0.39, 0.29) is 6.61 Å². The van der Waals surface area contributed by atoms with Crippen molar-refractivity contribution in [2.24, 2.45) is 5.10 Å². The average Bonchev–Trinajstić information content (AvgIpc) is 3.12. The van der Waals surface area contributed by atoms with Gasteiger partial charge in [0, 0.05) is 5.56 Å². The topological polar surface area (TPSA) is 63.8 Å². The van der Waals surface area contributed by atoms with Gasteiger partial charge in [-0.2, -0.15) is 5.10 Å². The summed E-state index contributed by atoms with van der Waals surface area (Å²) in [6.45, 7) is -0.220. The van der Waals surface area contributed by atoms with Crippen LogP contribution in [0.4, 0.5) is 0 Å². The van der Waals surface area contributed by atoms with Gasteiger partial charge in [0.1, 0.15) is 17.3 Å². The lowest BCUT2D eigenvalue weighted by Gasteiger charge is -2.06. The van der Waals surface area contributed by atoms with Crippen molar-refractivity contribution in [1.29, 1.82) is 0 Å². The molecule has 0 saturated heterocycles. The van der Waals surface area contributed by atoms with E-state index in [4.69, 9.17) is 44.0 Å². The van der Waals surface area contributed by atoms with Crippen molar-refractivity contribution >= 4 is 46.9 Å². The van der Waals surface area contributed by atoms with Gasteiger partial charge in [0.2, 0.25) is 0 Å². The van der Waals surface area contributed by atoms with E-state index in [1.54, 1.807) is 54.6 Å². The second-order valence-electron chi connectivity index (χ2n) is 5.32. The predicted molar refractivity (Wildman–Crippen MR) is 107 cm³/mol. The van der Waals surface area contributed by atoms with Gasteiger partial charge in [-0.25, -0.2) is 5.43 Å². The Balaban J connectivity index is 1.56. The van der Waals surface area contributed by atoms with Gasteiger partial charge in [-0.1, -0.05) is 53.0 Å². The number of rotatable bonds is 6. The summed E-state index contributed by atoms with van der Waals surface area (Å²) in [6, 6.07) is 15.6. The van der Waals surface area contributed by atoms with Crippen LogP contribution in [0.1, 0.15) is 5.76 Å². The lowest BCUT2D eigenvalue weighted by atomic mass is 10.2. The first kappa shape index (κ1) is 19.3. The number of hydrogen-bond donors (Lipinski definition) is 1. The Morgan fingerprint density at radius 3 is 2.63 bits per heavy atom. The Labute approximate surface area is 170 Å². The molecule has 0 fully saturated rings. The van der Waals surface area contributed by atoms with Crippen molar-refractivity contribution in [3.05, 3.63) is 75.4 Å². The van der Waals surface area contributed by atoms with Gasteiger partial charge in [0.05, 0.1) is 21.3 Å². The van der Waals surface area contributed by atoms with Crippen LogP contribution < -0.4 is 10.2 Å². The molecule has 0 spiro atoms. The normalized spacial score (nSPS) is 10.9. The Hall–Kier alpha value is -2.47. The molecule has 0 atom stereocenters. The molecule has 138 valence electrons. The fraction of sp³-hybridized carbons (Fsp3) is 0.0526. The van der Waals surface area contributed by atoms with Gasteiger partial charge in [-0.15, -0.1) is 0 Å². The molecule has 1 amide bonds. The number of carbonyl (C=O) groups excluding carboxylic acids is 1. The lowest BCUT2D eigenvalue weighted by molar-refractivity contribution is -0.123. The summed E-state index contributed by atoms with van der Waals surface area (Å²) in [5, 5.41) is 5.10. The van der Waals surface area contributed by atoms with Crippen LogP contribution in [0.3, 0.4) is 0 Å². The van der Waals surface area contributed by atoms with Crippen LogP contribution in [0.5, 0.6) is 5.75 Å². The number of ether oxygens (including phenoxy) is 1. The minimum absolute atomic E-state index is 0.220. The van der Waals surface area contributed by atoms with E-state index >= 15 is 0 Å². The molecule has 0 unspecified atom stereocenters. The van der Waals surface area contributed by atoms with Crippen molar-refractivity contribution in [1.82, 2.24) is 5.43 Å². The molecule has 0 aliphatic carbocycles. The fourth-order valence-corrected chi connectivity index (χ4v) is 2.75. The van der Waals surface area contributed by atoms with E-state index in [1.807, 2.05) is 0 Å². The molecule has 5 nitrogen and oxygen atoms in total. The summed E-state index contributed by atoms with van der Waals surface area (Å²) in [4.78, 5) is 11.8. The average molecular weight is 424 g/mol. The van der Waals surface area contributed by atoms with Crippen LogP contribution in [0.25, 0.3) is 11.3 Å². The summed E-state index contributed by atoms with van der Waals surface area (Å²) >= 11 is 18.1. The zero-order valence-electron chi connectivity index (χ0n) is 13.8. The first-order valence-corrected chi connectivity index (χ1v) is 8.91. The summed E-state index contributed by atoms with van der Waals surface area (Å²) in [6.07, 6.45) is 1.37. The third kappa shape index (κ3) is 5.04. The van der Waals surface area contributed by atoms with Crippen LogP contribution >= 0.6 is 34.8 Å². The van der Waals surface area contributed by atoms with Gasteiger partial charge in [-0.05, 0) is 36.4 Å². The van der Waals surface area contributed by atoms with E-state index in [9.17, 15) is 4.79 Å². The van der Waals surface area contributed by atoms with E-state index in [1.165, 1.54) is 6.21 Å². The van der Waals surface area contributed by atoms with Gasteiger partial charge in [-0.3, -0.25) is 4.79 Å². The van der Waals surface area contributed by atoms with E-state index < -0.39 is 5.91 Å². The van der Waals surface area contributed by atoms with Crippen molar-refractivity contribution in [3.63, 3.8) is 0 Å². The first-order valence-electron chi connectivity index (χ1n) is 7.78. The van der Waals surface area contributed by atoms with E-state index in [0.29, 0.717) is 37.9 Å². The van der Waals surface area contributed by atoms with E-state index in [0.717, 1.165) is 0 Å². The second kappa shape index (κ2) is 8.95. The Morgan fingerprint density at radius 1 is 1.04 bits per heavy atom. The summed E-state index contributed by atoms with van der Waals surface area (Å²) in [5.41, 5.74) is 3.01. The van der Waals surface area contributed by atoms with Crippen LogP contribution in [0, 0.1) is 0 Å². The number of carbonyl (C=O) groups is 1. The Kier molecular flexibility index (Phi) is 6.40. The molecule has 1 aromatic heterocycles. The molecule has 1 heterocycles. The maximum Gasteiger partial charge on any atom is 0.277 e.